The van der Waals surface area contributed by atoms with E-state index < -0.39 is 35.1 Å². The Bertz CT molecular complexity index is 934. The van der Waals surface area contributed by atoms with Crippen molar-refractivity contribution in [3.05, 3.63) is 12.2 Å². The third kappa shape index (κ3) is 3.02. The van der Waals surface area contributed by atoms with Gasteiger partial charge in [-0.15, -0.1) is 0 Å². The smallest absolute Gasteiger partial charge is 0.312 e. The fraction of sp³-hybridized carbons (Fsp3) is 0.900. The van der Waals surface area contributed by atoms with Crippen LogP contribution in [0.3, 0.4) is 0 Å². The van der Waals surface area contributed by atoms with Crippen molar-refractivity contribution in [1.82, 2.24) is 0 Å². The highest BCUT2D eigenvalue weighted by molar-refractivity contribution is 5.76. The van der Waals surface area contributed by atoms with E-state index in [1.807, 2.05) is 6.92 Å². The van der Waals surface area contributed by atoms with Gasteiger partial charge in [0.15, 0.2) is 0 Å². The molecule has 0 saturated heterocycles. The van der Waals surface area contributed by atoms with Crippen molar-refractivity contribution in [2.24, 2.45) is 50.7 Å². The summed E-state index contributed by atoms with van der Waals surface area (Å²) in [5.41, 5.74) is -0.739. The summed E-state index contributed by atoms with van der Waals surface area (Å²) in [5, 5.41) is 53.2. The first-order chi connectivity index (χ1) is 16.8. The van der Waals surface area contributed by atoms with Crippen molar-refractivity contribution in [3.63, 3.8) is 0 Å². The Morgan fingerprint density at radius 3 is 2.25 bits per heavy atom. The zero-order valence-corrected chi connectivity index (χ0v) is 22.7. The van der Waals surface area contributed by atoms with E-state index in [4.69, 9.17) is 0 Å². The molecule has 0 aromatic rings. The van der Waals surface area contributed by atoms with Gasteiger partial charge in [0, 0.05) is 18.4 Å². The summed E-state index contributed by atoms with van der Waals surface area (Å²) in [6.07, 6.45) is 6.14. The number of fused-ring (bicyclic) bond motifs is 2. The SMILES string of the molecule is C=C(C)[C@@H](O)CC[C@@H](CO)[C@H]1CC[C@@]2(C)[C@@H]3CC[C@H]4[C@](C)(C(=O)O)[C@@H](O)C[C@H](O)[C@@]45C[C@@]35CC[C@]12C. The molecular formula is C30H48O6. The lowest BCUT2D eigenvalue weighted by Crippen LogP contribution is -2.63. The molecule has 0 aliphatic heterocycles. The second-order valence-corrected chi connectivity index (χ2v) is 14.3. The van der Waals surface area contributed by atoms with E-state index in [-0.39, 0.29) is 41.1 Å². The molecular weight excluding hydrogens is 456 g/mol. The summed E-state index contributed by atoms with van der Waals surface area (Å²) in [4.78, 5) is 12.5. The van der Waals surface area contributed by atoms with E-state index in [1.54, 1.807) is 6.92 Å². The summed E-state index contributed by atoms with van der Waals surface area (Å²) in [6, 6.07) is 0. The molecule has 0 aromatic heterocycles. The van der Waals surface area contributed by atoms with Crippen LogP contribution in [-0.2, 0) is 4.79 Å². The minimum absolute atomic E-state index is 0.0415. The molecule has 5 N–H and O–H groups in total. The Morgan fingerprint density at radius 2 is 1.64 bits per heavy atom. The molecule has 0 radical (unpaired) electrons. The van der Waals surface area contributed by atoms with Crippen molar-refractivity contribution in [2.75, 3.05) is 6.61 Å². The molecule has 5 saturated carbocycles. The van der Waals surface area contributed by atoms with Crippen LogP contribution >= 0.6 is 0 Å². The van der Waals surface area contributed by atoms with Crippen molar-refractivity contribution < 1.29 is 30.3 Å². The summed E-state index contributed by atoms with van der Waals surface area (Å²) >= 11 is 0. The molecule has 36 heavy (non-hydrogen) atoms. The van der Waals surface area contributed by atoms with E-state index in [9.17, 15) is 30.3 Å². The Labute approximate surface area is 216 Å². The van der Waals surface area contributed by atoms with Crippen LogP contribution < -0.4 is 0 Å². The molecule has 6 nitrogen and oxygen atoms in total. The van der Waals surface area contributed by atoms with Crippen LogP contribution in [0.15, 0.2) is 12.2 Å². The van der Waals surface area contributed by atoms with Gasteiger partial charge in [0.1, 0.15) is 0 Å². The number of carbonyl (C=O) groups is 1. The molecule has 204 valence electrons. The van der Waals surface area contributed by atoms with Crippen LogP contribution in [0.5, 0.6) is 0 Å². The second kappa shape index (κ2) is 8.27. The normalized spacial score (nSPS) is 52.8. The molecule has 12 atom stereocenters. The molecule has 5 rings (SSSR count). The monoisotopic (exact) mass is 504 g/mol. The molecule has 5 aliphatic rings. The quantitative estimate of drug-likeness (QED) is 0.333. The van der Waals surface area contributed by atoms with Crippen molar-refractivity contribution in [3.8, 4) is 0 Å². The maximum absolute atomic E-state index is 12.5. The van der Waals surface area contributed by atoms with E-state index in [1.165, 1.54) is 0 Å². The average Bonchev–Trinajstić information content (AvgIpc) is 3.44. The lowest BCUT2D eigenvalue weighted by atomic mass is 9.41. The number of aliphatic hydroxyl groups excluding tert-OH is 4. The van der Waals surface area contributed by atoms with Gasteiger partial charge in [0.05, 0.1) is 23.7 Å². The predicted molar refractivity (Wildman–Crippen MR) is 137 cm³/mol. The molecule has 5 fully saturated rings. The number of aliphatic hydroxyl groups is 4. The van der Waals surface area contributed by atoms with Crippen LogP contribution in [0.1, 0.15) is 91.9 Å². The molecule has 6 heteroatoms. The molecule has 2 spiro atoms. The average molecular weight is 505 g/mol. The third-order valence-corrected chi connectivity index (χ3v) is 13.5. The fourth-order valence-electron chi connectivity index (χ4n) is 11.2. The van der Waals surface area contributed by atoms with Gasteiger partial charge in [-0.25, -0.2) is 0 Å². The fourth-order valence-corrected chi connectivity index (χ4v) is 11.2. The summed E-state index contributed by atoms with van der Waals surface area (Å²) in [6.45, 7) is 12.5. The number of hydrogen-bond acceptors (Lipinski definition) is 5. The van der Waals surface area contributed by atoms with Gasteiger partial charge in [-0.3, -0.25) is 4.79 Å². The first-order valence-electron chi connectivity index (χ1n) is 14.3. The third-order valence-electron chi connectivity index (χ3n) is 13.5. The molecule has 0 heterocycles. The van der Waals surface area contributed by atoms with Crippen molar-refractivity contribution >= 4 is 5.97 Å². The number of carboxylic acids is 1. The predicted octanol–water partition coefficient (Wildman–Crippen LogP) is 4.15. The van der Waals surface area contributed by atoms with Crippen LogP contribution in [0.4, 0.5) is 0 Å². The first-order valence-corrected chi connectivity index (χ1v) is 14.3. The molecule has 0 aromatic carbocycles. The minimum atomic E-state index is -1.21. The standard InChI is InChI=1S/C30H48O6/c1-17(2)20(32)7-6-18(15-31)19-10-11-27(4)21-8-9-22-28(5,25(35)36)23(33)14-24(34)30(22)16-29(21,30)13-12-26(19,27)3/h18-24,31-34H,1,6-16H2,2-5H3,(H,35,36)/t18-,19+,20-,21-,22-,23-,24-,26+,27-,28-,29-,30+/m0/s1. The van der Waals surface area contributed by atoms with E-state index in [0.717, 1.165) is 56.9 Å². The summed E-state index contributed by atoms with van der Waals surface area (Å²) < 4.78 is 0. The Morgan fingerprint density at radius 1 is 0.972 bits per heavy atom. The highest BCUT2D eigenvalue weighted by Crippen LogP contribution is 2.89. The van der Waals surface area contributed by atoms with Crippen LogP contribution in [0.25, 0.3) is 0 Å². The number of rotatable bonds is 7. The lowest BCUT2D eigenvalue weighted by Gasteiger charge is -2.63. The number of hydrogen-bond donors (Lipinski definition) is 5. The highest BCUT2D eigenvalue weighted by Gasteiger charge is 2.85. The zero-order chi connectivity index (χ0) is 26.5. The maximum atomic E-state index is 12.5. The van der Waals surface area contributed by atoms with Gasteiger partial charge >= 0.3 is 5.97 Å². The van der Waals surface area contributed by atoms with Gasteiger partial charge in [-0.1, -0.05) is 26.0 Å². The minimum Gasteiger partial charge on any atom is -0.481 e. The van der Waals surface area contributed by atoms with Crippen LogP contribution in [0.2, 0.25) is 0 Å². The summed E-state index contributed by atoms with van der Waals surface area (Å²) in [7, 11) is 0. The van der Waals surface area contributed by atoms with Crippen molar-refractivity contribution in [2.45, 2.75) is 110 Å². The van der Waals surface area contributed by atoms with Gasteiger partial charge in [-0.2, -0.15) is 0 Å². The van der Waals surface area contributed by atoms with E-state index >= 15 is 0 Å². The van der Waals surface area contributed by atoms with E-state index in [2.05, 4.69) is 20.4 Å². The molecule has 0 amide bonds. The van der Waals surface area contributed by atoms with Gasteiger partial charge in [0.2, 0.25) is 0 Å². The maximum Gasteiger partial charge on any atom is 0.312 e. The molecule has 5 aliphatic carbocycles. The van der Waals surface area contributed by atoms with Crippen LogP contribution in [-0.4, -0.2) is 56.4 Å². The number of carboxylic acid groups (broad SMARTS) is 1. The molecule has 0 unspecified atom stereocenters. The van der Waals surface area contributed by atoms with Crippen molar-refractivity contribution in [1.29, 1.82) is 0 Å². The van der Waals surface area contributed by atoms with Gasteiger partial charge < -0.3 is 25.5 Å². The molecule has 0 bridgehead atoms. The Kier molecular flexibility index (Phi) is 6.12. The van der Waals surface area contributed by atoms with E-state index in [0.29, 0.717) is 18.3 Å². The topological polar surface area (TPSA) is 118 Å². The summed E-state index contributed by atoms with van der Waals surface area (Å²) in [5.74, 6) is -0.167. The van der Waals surface area contributed by atoms with Crippen LogP contribution in [0, 0.1) is 50.7 Å². The zero-order valence-electron chi connectivity index (χ0n) is 22.7. The Balaban J connectivity index is 1.45. The second-order valence-electron chi connectivity index (χ2n) is 14.3. The highest BCUT2D eigenvalue weighted by atomic mass is 16.4. The van der Waals surface area contributed by atoms with Gasteiger partial charge in [0.25, 0.3) is 0 Å². The Hall–Kier alpha value is -0.950. The van der Waals surface area contributed by atoms with Gasteiger partial charge in [-0.05, 0) is 112 Å². The largest absolute Gasteiger partial charge is 0.481 e. The number of aliphatic carboxylic acids is 1. The lowest BCUT2D eigenvalue weighted by molar-refractivity contribution is -0.210. The first kappa shape index (κ1) is 26.6.